The molecule has 0 aliphatic rings. The number of benzene rings is 2. The van der Waals surface area contributed by atoms with Gasteiger partial charge in [-0.2, -0.15) is 0 Å². The Morgan fingerprint density at radius 1 is 0.640 bits per heavy atom. The fraction of sp³-hybridized carbons (Fsp3) is 0.478. The van der Waals surface area contributed by atoms with E-state index in [-0.39, 0.29) is 21.2 Å². The van der Waals surface area contributed by atoms with E-state index in [0.29, 0.717) is 0 Å². The van der Waals surface area contributed by atoms with Crippen molar-refractivity contribution >= 4 is 21.2 Å². The number of rotatable bonds is 13. The van der Waals surface area contributed by atoms with Gasteiger partial charge in [-0.1, -0.05) is 26.2 Å². The normalized spacial score (nSPS) is 10.9. The van der Waals surface area contributed by atoms with E-state index in [9.17, 15) is 0 Å². The van der Waals surface area contributed by atoms with Gasteiger partial charge in [0.1, 0.15) is 0 Å². The molecular weight excluding hydrogens is 419 g/mol. The van der Waals surface area contributed by atoms with E-state index in [2.05, 4.69) is 61.5 Å². The van der Waals surface area contributed by atoms with Crippen molar-refractivity contribution < 1.29 is 4.74 Å². The molecule has 0 radical (unpaired) electrons. The van der Waals surface area contributed by atoms with Crippen LogP contribution in [0.15, 0.2) is 54.6 Å². The van der Waals surface area contributed by atoms with Crippen LogP contribution < -0.4 is 4.74 Å². The molecule has 2 aromatic rings. The Labute approximate surface area is 164 Å². The summed E-state index contributed by atoms with van der Waals surface area (Å²) in [5.74, 6) is 1.02. The van der Waals surface area contributed by atoms with Gasteiger partial charge in [0.2, 0.25) is 0 Å². The molecule has 0 aromatic heterocycles. The topological polar surface area (TPSA) is 9.23 Å². The van der Waals surface area contributed by atoms with Gasteiger partial charge in [-0.25, -0.2) is 0 Å². The third-order valence-electron chi connectivity index (χ3n) is 4.32. The van der Waals surface area contributed by atoms with Gasteiger partial charge in [0, 0.05) is 0 Å². The predicted octanol–water partition coefficient (Wildman–Crippen LogP) is 7.34. The second-order valence-corrected chi connectivity index (χ2v) is 9.84. The molecular formula is C23H33IO. The molecule has 0 aliphatic carbocycles. The Hall–Kier alpha value is -1.03. The molecule has 0 spiro atoms. The molecule has 0 aliphatic heterocycles. The van der Waals surface area contributed by atoms with Gasteiger partial charge in [0.25, 0.3) is 0 Å². The number of hydrogen-bond acceptors (Lipinski definition) is 1. The molecule has 0 fully saturated rings. The van der Waals surface area contributed by atoms with E-state index in [1.54, 1.807) is 0 Å². The van der Waals surface area contributed by atoms with Crippen molar-refractivity contribution in [1.29, 1.82) is 0 Å². The first-order chi connectivity index (χ1) is 12.4. The molecule has 0 atom stereocenters. The summed E-state index contributed by atoms with van der Waals surface area (Å²) in [6, 6.07) is 19.5. The first-order valence-electron chi connectivity index (χ1n) is 9.84. The van der Waals surface area contributed by atoms with Crippen molar-refractivity contribution in [3.63, 3.8) is 0 Å². The maximum absolute atomic E-state index is 5.89. The first kappa shape index (κ1) is 20.3. The Kier molecular flexibility index (Phi) is 10.7. The molecule has 2 aromatic carbocycles. The molecule has 0 heterocycles. The maximum atomic E-state index is 5.89. The molecule has 0 amide bonds. The van der Waals surface area contributed by atoms with Gasteiger partial charge in [-0.05, 0) is 0 Å². The monoisotopic (exact) mass is 452 g/mol. The second kappa shape index (κ2) is 13.2. The van der Waals surface area contributed by atoms with Crippen LogP contribution in [0.5, 0.6) is 5.75 Å². The quantitative estimate of drug-likeness (QED) is 0.228. The Morgan fingerprint density at radius 3 is 1.84 bits per heavy atom. The summed E-state index contributed by atoms with van der Waals surface area (Å²) in [6.45, 7) is 3.13. The van der Waals surface area contributed by atoms with Crippen LogP contribution in [0.4, 0.5) is 0 Å². The van der Waals surface area contributed by atoms with E-state index < -0.39 is 0 Å². The van der Waals surface area contributed by atoms with E-state index in [4.69, 9.17) is 4.74 Å². The molecule has 0 saturated heterocycles. The average molecular weight is 452 g/mol. The SMILES string of the molecule is CCCCCCCCCCCOc1ccc([IH]c2ccccc2)cc1. The number of unbranched alkanes of at least 4 members (excludes halogenated alkanes) is 8. The number of hydrogen-bond donors (Lipinski definition) is 0. The third kappa shape index (κ3) is 9.29. The standard InChI is InChI=1S/C23H33IO/c1-2-3-4-5-6-7-8-9-13-20-25-23-18-16-22(17-19-23)24-21-14-11-10-12-15-21/h10-12,14-19,24H,2-9,13,20H2,1H3. The van der Waals surface area contributed by atoms with Crippen molar-refractivity contribution in [2.45, 2.75) is 64.7 Å². The van der Waals surface area contributed by atoms with E-state index >= 15 is 0 Å². The molecule has 0 unspecified atom stereocenters. The Morgan fingerprint density at radius 2 is 1.20 bits per heavy atom. The first-order valence-corrected chi connectivity index (χ1v) is 12.2. The third-order valence-corrected chi connectivity index (χ3v) is 7.22. The van der Waals surface area contributed by atoms with Gasteiger partial charge in [0.05, 0.1) is 0 Å². The molecule has 1 nitrogen and oxygen atoms in total. The van der Waals surface area contributed by atoms with E-state index in [1.807, 2.05) is 0 Å². The van der Waals surface area contributed by atoms with Crippen molar-refractivity contribution in [2.75, 3.05) is 6.61 Å². The average Bonchev–Trinajstić information content (AvgIpc) is 2.65. The summed E-state index contributed by atoms with van der Waals surface area (Å²) >= 11 is -0.262. The minimum absolute atomic E-state index is 0.262. The van der Waals surface area contributed by atoms with Gasteiger partial charge in [-0.3, -0.25) is 0 Å². The molecule has 0 saturated carbocycles. The minimum atomic E-state index is -0.262. The summed E-state index contributed by atoms with van der Waals surface area (Å²) in [4.78, 5) is 0. The van der Waals surface area contributed by atoms with Crippen molar-refractivity contribution in [1.82, 2.24) is 0 Å². The fourth-order valence-corrected chi connectivity index (χ4v) is 5.22. The molecule has 0 bridgehead atoms. The fourth-order valence-electron chi connectivity index (χ4n) is 2.83. The molecule has 2 rings (SSSR count). The van der Waals surface area contributed by atoms with Gasteiger partial charge in [0.15, 0.2) is 0 Å². The summed E-state index contributed by atoms with van der Waals surface area (Å²) in [7, 11) is 0. The Bertz CT molecular complexity index is 550. The zero-order valence-corrected chi connectivity index (χ0v) is 17.9. The van der Waals surface area contributed by atoms with Crippen LogP contribution in [0.2, 0.25) is 0 Å². The summed E-state index contributed by atoms with van der Waals surface area (Å²) in [5.41, 5.74) is 0. The van der Waals surface area contributed by atoms with Crippen molar-refractivity contribution in [3.8, 4) is 5.75 Å². The molecule has 138 valence electrons. The zero-order chi connectivity index (χ0) is 17.6. The number of ether oxygens (including phenoxy) is 1. The Balaban J connectivity index is 1.53. The van der Waals surface area contributed by atoms with Crippen LogP contribution in [0.25, 0.3) is 0 Å². The van der Waals surface area contributed by atoms with Crippen LogP contribution in [0.3, 0.4) is 0 Å². The van der Waals surface area contributed by atoms with Crippen LogP contribution >= 0.6 is 21.2 Å². The molecule has 0 N–H and O–H groups in total. The number of halogens is 1. The molecule has 2 heteroatoms. The predicted molar refractivity (Wildman–Crippen MR) is 118 cm³/mol. The van der Waals surface area contributed by atoms with Gasteiger partial charge >= 0.3 is 139 Å². The van der Waals surface area contributed by atoms with Crippen molar-refractivity contribution in [2.24, 2.45) is 0 Å². The molecule has 25 heavy (non-hydrogen) atoms. The van der Waals surface area contributed by atoms with E-state index in [0.717, 1.165) is 12.4 Å². The van der Waals surface area contributed by atoms with Gasteiger partial charge < -0.3 is 0 Å². The van der Waals surface area contributed by atoms with E-state index in [1.165, 1.54) is 64.9 Å². The summed E-state index contributed by atoms with van der Waals surface area (Å²) < 4.78 is 8.83. The van der Waals surface area contributed by atoms with Crippen LogP contribution in [0.1, 0.15) is 64.7 Å². The summed E-state index contributed by atoms with van der Waals surface area (Å²) in [6.07, 6.45) is 12.2. The van der Waals surface area contributed by atoms with Crippen LogP contribution in [-0.2, 0) is 0 Å². The van der Waals surface area contributed by atoms with Crippen molar-refractivity contribution in [3.05, 3.63) is 61.7 Å². The van der Waals surface area contributed by atoms with Crippen LogP contribution in [0, 0.1) is 7.14 Å². The second-order valence-electron chi connectivity index (χ2n) is 6.56. The summed E-state index contributed by atoms with van der Waals surface area (Å²) in [5, 5.41) is 0. The van der Waals surface area contributed by atoms with Crippen LogP contribution in [-0.4, -0.2) is 6.61 Å². The van der Waals surface area contributed by atoms with Gasteiger partial charge in [-0.15, -0.1) is 0 Å². The zero-order valence-electron chi connectivity index (χ0n) is 15.6.